The molecule has 1 heterocycles. The third-order valence-corrected chi connectivity index (χ3v) is 4.14. The molecular weight excluding hydrogens is 352 g/mol. The highest BCUT2D eigenvalue weighted by molar-refractivity contribution is 6.32. The van der Waals surface area contributed by atoms with Crippen LogP contribution in [-0.4, -0.2) is 15.5 Å². The number of rotatable bonds is 5. The number of amides is 1. The first-order chi connectivity index (χ1) is 12.6. The van der Waals surface area contributed by atoms with E-state index in [9.17, 15) is 9.59 Å². The van der Waals surface area contributed by atoms with Crippen LogP contribution >= 0.6 is 11.6 Å². The lowest BCUT2D eigenvalue weighted by Gasteiger charge is -2.13. The Balaban J connectivity index is 1.78. The van der Waals surface area contributed by atoms with Crippen LogP contribution in [0.1, 0.15) is 12.5 Å². The lowest BCUT2D eigenvalue weighted by Crippen LogP contribution is -2.33. The predicted molar refractivity (Wildman–Crippen MR) is 104 cm³/mol. The van der Waals surface area contributed by atoms with Gasteiger partial charge in [0.2, 0.25) is 5.95 Å². The molecule has 0 bridgehead atoms. The molecule has 7 heteroatoms. The molecule has 0 aliphatic carbocycles. The molecule has 0 saturated heterocycles. The monoisotopic (exact) mass is 368 g/mol. The first kappa shape index (κ1) is 17.7. The molecule has 0 unspecified atom stereocenters. The molecule has 2 N–H and O–H groups in total. The van der Waals surface area contributed by atoms with Gasteiger partial charge in [0.05, 0.1) is 10.9 Å². The molecule has 0 atom stereocenters. The van der Waals surface area contributed by atoms with Crippen molar-refractivity contribution in [2.45, 2.75) is 13.5 Å². The number of nitrogens with zero attached hydrogens (tertiary/aromatic N) is 2. The number of anilines is 1. The van der Waals surface area contributed by atoms with Crippen LogP contribution in [0.5, 0.6) is 0 Å². The average molecular weight is 369 g/mol. The van der Waals surface area contributed by atoms with Crippen molar-refractivity contribution in [3.63, 3.8) is 0 Å². The quantitative estimate of drug-likeness (QED) is 0.535. The Morgan fingerprint density at radius 3 is 2.69 bits per heavy atom. The van der Waals surface area contributed by atoms with Crippen molar-refractivity contribution >= 4 is 40.4 Å². The third kappa shape index (κ3) is 3.75. The summed E-state index contributed by atoms with van der Waals surface area (Å²) in [5, 5.41) is 1.09. The molecule has 0 fully saturated rings. The molecular formula is C19H17ClN4O2. The fourth-order valence-electron chi connectivity index (χ4n) is 2.49. The average Bonchev–Trinajstić information content (AvgIpc) is 2.66. The van der Waals surface area contributed by atoms with E-state index < -0.39 is 5.91 Å². The van der Waals surface area contributed by atoms with Gasteiger partial charge in [-0.3, -0.25) is 25.0 Å². The topological polar surface area (TPSA) is 76.0 Å². The Morgan fingerprint density at radius 2 is 1.92 bits per heavy atom. The normalized spacial score (nSPS) is 11.0. The number of halogens is 1. The number of fused-ring (bicyclic) bond motifs is 1. The number of para-hydroxylation sites is 1. The van der Waals surface area contributed by atoms with Crippen molar-refractivity contribution in [2.75, 3.05) is 5.43 Å². The summed E-state index contributed by atoms with van der Waals surface area (Å²) < 4.78 is 1.46. The van der Waals surface area contributed by atoms with Crippen LogP contribution in [0, 0.1) is 0 Å². The number of hydrogen-bond donors (Lipinski definition) is 2. The maximum atomic E-state index is 12.5. The van der Waals surface area contributed by atoms with Gasteiger partial charge in [-0.25, -0.2) is 4.98 Å². The van der Waals surface area contributed by atoms with E-state index in [1.54, 1.807) is 42.5 Å². The van der Waals surface area contributed by atoms with Gasteiger partial charge in [0, 0.05) is 17.6 Å². The van der Waals surface area contributed by atoms with E-state index in [0.29, 0.717) is 22.5 Å². The molecule has 0 spiro atoms. The van der Waals surface area contributed by atoms with Crippen LogP contribution in [0.4, 0.5) is 5.95 Å². The van der Waals surface area contributed by atoms with Crippen LogP contribution in [0.3, 0.4) is 0 Å². The summed E-state index contributed by atoms with van der Waals surface area (Å²) in [6.45, 7) is 2.26. The number of nitrogens with one attached hydrogen (secondary N) is 2. The van der Waals surface area contributed by atoms with Crippen molar-refractivity contribution in [3.8, 4) is 0 Å². The van der Waals surface area contributed by atoms with Gasteiger partial charge in [-0.1, -0.05) is 41.9 Å². The van der Waals surface area contributed by atoms with Gasteiger partial charge in [0.1, 0.15) is 0 Å². The summed E-state index contributed by atoms with van der Waals surface area (Å²) in [6.07, 6.45) is 2.96. The molecule has 132 valence electrons. The van der Waals surface area contributed by atoms with Gasteiger partial charge >= 0.3 is 0 Å². The van der Waals surface area contributed by atoms with Gasteiger partial charge in [-0.15, -0.1) is 0 Å². The Kier molecular flexibility index (Phi) is 5.34. The van der Waals surface area contributed by atoms with E-state index in [2.05, 4.69) is 15.8 Å². The first-order valence-corrected chi connectivity index (χ1v) is 8.46. The highest BCUT2D eigenvalue weighted by Crippen LogP contribution is 2.16. The predicted octanol–water partition coefficient (Wildman–Crippen LogP) is 3.23. The van der Waals surface area contributed by atoms with Crippen LogP contribution in [-0.2, 0) is 11.3 Å². The lowest BCUT2D eigenvalue weighted by molar-refractivity contribution is -0.116. The second kappa shape index (κ2) is 7.84. The molecule has 1 amide bonds. The molecule has 3 aromatic rings. The summed E-state index contributed by atoms with van der Waals surface area (Å²) >= 11 is 6.05. The summed E-state index contributed by atoms with van der Waals surface area (Å²) in [6, 6.07) is 14.3. The van der Waals surface area contributed by atoms with E-state index in [4.69, 9.17) is 11.6 Å². The van der Waals surface area contributed by atoms with Crippen LogP contribution in [0.2, 0.25) is 5.02 Å². The minimum absolute atomic E-state index is 0.165. The van der Waals surface area contributed by atoms with E-state index in [1.807, 2.05) is 19.1 Å². The number of carbonyl (C=O) groups is 1. The second-order valence-electron chi connectivity index (χ2n) is 5.47. The standard InChI is InChI=1S/C19H17ClN4O2/c1-2-24-18(26)14-8-4-6-10-16(14)21-19(24)23-22-17(25)12-11-13-7-3-5-9-15(13)20/h3-12H,2H2,1H3,(H,21,23)(H,22,25)/b12-11+. The molecule has 0 radical (unpaired) electrons. The maximum absolute atomic E-state index is 12.5. The van der Waals surface area contributed by atoms with Crippen LogP contribution in [0.15, 0.2) is 59.4 Å². The zero-order chi connectivity index (χ0) is 18.5. The molecule has 6 nitrogen and oxygen atoms in total. The van der Waals surface area contributed by atoms with Crippen LogP contribution < -0.4 is 16.4 Å². The van der Waals surface area contributed by atoms with E-state index in [0.717, 1.165) is 5.56 Å². The maximum Gasteiger partial charge on any atom is 0.262 e. The smallest absolute Gasteiger partial charge is 0.262 e. The Labute approximate surface area is 155 Å². The summed E-state index contributed by atoms with van der Waals surface area (Å²) in [5.41, 5.74) is 6.36. The van der Waals surface area contributed by atoms with E-state index in [-0.39, 0.29) is 11.5 Å². The van der Waals surface area contributed by atoms with Gasteiger partial charge in [0.15, 0.2) is 0 Å². The van der Waals surface area contributed by atoms with Crippen molar-refractivity contribution in [3.05, 3.63) is 75.5 Å². The lowest BCUT2D eigenvalue weighted by atomic mass is 10.2. The number of hydrazine groups is 1. The van der Waals surface area contributed by atoms with Gasteiger partial charge in [-0.2, -0.15) is 0 Å². The van der Waals surface area contributed by atoms with Crippen molar-refractivity contribution < 1.29 is 4.79 Å². The number of carbonyl (C=O) groups excluding carboxylic acids is 1. The van der Waals surface area contributed by atoms with Gasteiger partial charge in [0.25, 0.3) is 11.5 Å². The zero-order valence-corrected chi connectivity index (χ0v) is 14.8. The summed E-state index contributed by atoms with van der Waals surface area (Å²) in [5.74, 6) is -0.120. The molecule has 0 aliphatic rings. The minimum atomic E-state index is -0.394. The Hall–Kier alpha value is -3.12. The van der Waals surface area contributed by atoms with Crippen molar-refractivity contribution in [1.29, 1.82) is 0 Å². The Morgan fingerprint density at radius 1 is 1.19 bits per heavy atom. The molecule has 2 aromatic carbocycles. The molecule has 0 aliphatic heterocycles. The van der Waals surface area contributed by atoms with Crippen LogP contribution in [0.25, 0.3) is 17.0 Å². The zero-order valence-electron chi connectivity index (χ0n) is 14.1. The van der Waals surface area contributed by atoms with E-state index >= 15 is 0 Å². The SMILES string of the molecule is CCn1c(NNC(=O)/C=C/c2ccccc2Cl)nc2ccccc2c1=O. The summed E-state index contributed by atoms with van der Waals surface area (Å²) in [4.78, 5) is 28.9. The highest BCUT2D eigenvalue weighted by Gasteiger charge is 2.09. The molecule has 1 aromatic heterocycles. The fourth-order valence-corrected chi connectivity index (χ4v) is 2.69. The summed E-state index contributed by atoms with van der Waals surface area (Å²) in [7, 11) is 0. The van der Waals surface area contributed by atoms with Gasteiger partial charge < -0.3 is 0 Å². The molecule has 3 rings (SSSR count). The largest absolute Gasteiger partial charge is 0.277 e. The van der Waals surface area contributed by atoms with Crippen molar-refractivity contribution in [1.82, 2.24) is 15.0 Å². The molecule has 26 heavy (non-hydrogen) atoms. The highest BCUT2D eigenvalue weighted by atomic mass is 35.5. The number of hydrogen-bond acceptors (Lipinski definition) is 4. The number of aromatic nitrogens is 2. The number of benzene rings is 2. The van der Waals surface area contributed by atoms with Gasteiger partial charge in [-0.05, 0) is 36.8 Å². The second-order valence-corrected chi connectivity index (χ2v) is 5.88. The molecule has 0 saturated carbocycles. The first-order valence-electron chi connectivity index (χ1n) is 8.08. The van der Waals surface area contributed by atoms with Crippen molar-refractivity contribution in [2.24, 2.45) is 0 Å². The minimum Gasteiger partial charge on any atom is -0.277 e. The third-order valence-electron chi connectivity index (χ3n) is 3.79. The van der Waals surface area contributed by atoms with E-state index in [1.165, 1.54) is 10.6 Å². The Bertz CT molecular complexity index is 1040. The fraction of sp³-hybridized carbons (Fsp3) is 0.105.